The van der Waals surface area contributed by atoms with Crippen molar-refractivity contribution in [3.05, 3.63) is 46.9 Å². The predicted octanol–water partition coefficient (Wildman–Crippen LogP) is 2.04. The lowest BCUT2D eigenvalue weighted by Crippen LogP contribution is -2.50. The van der Waals surface area contributed by atoms with Gasteiger partial charge in [0.25, 0.3) is 0 Å². The number of hydrogen-bond donors (Lipinski definition) is 0. The molecule has 35 heavy (non-hydrogen) atoms. The zero-order valence-electron chi connectivity index (χ0n) is 20.3. The van der Waals surface area contributed by atoms with Crippen molar-refractivity contribution in [2.45, 2.75) is 39.0 Å². The lowest BCUT2D eigenvalue weighted by atomic mass is 10.2. The molecule has 3 rings (SSSR count). The lowest BCUT2D eigenvalue weighted by Gasteiger charge is -2.35. The average Bonchev–Trinajstić information content (AvgIpc) is 2.81. The number of anilines is 1. The van der Waals surface area contributed by atoms with Crippen LogP contribution in [0.3, 0.4) is 0 Å². The van der Waals surface area contributed by atoms with E-state index in [0.29, 0.717) is 18.0 Å². The van der Waals surface area contributed by atoms with E-state index in [1.807, 2.05) is 23.1 Å². The van der Waals surface area contributed by atoms with Crippen molar-refractivity contribution in [1.82, 2.24) is 14.1 Å². The van der Waals surface area contributed by atoms with Crippen LogP contribution >= 0.6 is 0 Å². The normalized spacial score (nSPS) is 15.3. The maximum atomic E-state index is 13.4. The number of aromatic nitrogens is 2. The topological polar surface area (TPSA) is 119 Å². The van der Waals surface area contributed by atoms with Crippen LogP contribution < -0.4 is 15.2 Å². The van der Waals surface area contributed by atoms with Crippen molar-refractivity contribution in [2.24, 2.45) is 0 Å². The second kappa shape index (κ2) is 12.0. The fourth-order valence-corrected chi connectivity index (χ4v) is 7.46. The molecule has 0 atom stereocenters. The molecule has 1 aromatic heterocycles. The van der Waals surface area contributed by atoms with Crippen molar-refractivity contribution in [3.63, 3.8) is 0 Å². The zero-order valence-corrected chi connectivity index (χ0v) is 21.9. The Balaban J connectivity index is 1.80. The second-order valence-corrected chi connectivity index (χ2v) is 13.2. The smallest absolute Gasteiger partial charge is 0.316 e. The average molecular weight is 527 g/mol. The van der Waals surface area contributed by atoms with Crippen LogP contribution in [0.4, 0.5) is 5.69 Å². The van der Waals surface area contributed by atoms with Crippen molar-refractivity contribution < 1.29 is 21.6 Å². The molecule has 1 aliphatic heterocycles. The molecule has 2 heterocycles. The predicted molar refractivity (Wildman–Crippen MR) is 137 cm³/mol. The quantitative estimate of drug-likeness (QED) is 0.386. The highest BCUT2D eigenvalue weighted by Gasteiger charge is 2.31. The van der Waals surface area contributed by atoms with Crippen molar-refractivity contribution in [1.29, 1.82) is 0 Å². The minimum atomic E-state index is -3.93. The highest BCUT2D eigenvalue weighted by molar-refractivity contribution is 8.06. The Labute approximate surface area is 207 Å². The van der Waals surface area contributed by atoms with Crippen molar-refractivity contribution in [3.8, 4) is 11.4 Å². The number of sulfone groups is 1. The summed E-state index contributed by atoms with van der Waals surface area (Å²) >= 11 is 0. The summed E-state index contributed by atoms with van der Waals surface area (Å²) in [5.74, 6) is 0.187. The lowest BCUT2D eigenvalue weighted by molar-refractivity contribution is 0.297. The Kier molecular flexibility index (Phi) is 9.31. The summed E-state index contributed by atoms with van der Waals surface area (Å²) in [6.45, 7) is 3.33. The Morgan fingerprint density at radius 3 is 2.23 bits per heavy atom. The number of para-hydroxylation sites is 1. The number of piperazine rings is 1. The molecular formula is C23H34N4O6S2. The third kappa shape index (κ3) is 7.52. The molecule has 0 bridgehead atoms. The van der Waals surface area contributed by atoms with Gasteiger partial charge in [0.15, 0.2) is 14.9 Å². The molecular weight excluding hydrogens is 492 g/mol. The number of nitrogens with zero attached hydrogens (tertiary/aromatic N) is 4. The zero-order chi connectivity index (χ0) is 25.5. The molecule has 0 saturated carbocycles. The molecule has 1 aliphatic rings. The van der Waals surface area contributed by atoms with E-state index in [4.69, 9.17) is 4.74 Å². The number of sulfonamides is 1. The first-order chi connectivity index (χ1) is 16.6. The van der Waals surface area contributed by atoms with E-state index in [1.165, 1.54) is 8.99 Å². The number of unbranched alkanes of at least 4 members (excludes halogenated alkanes) is 4. The summed E-state index contributed by atoms with van der Waals surface area (Å²) in [4.78, 5) is 15.2. The minimum Gasteiger partial charge on any atom is -0.486 e. The van der Waals surface area contributed by atoms with E-state index in [1.54, 1.807) is 18.3 Å². The maximum Gasteiger partial charge on any atom is 0.316 e. The maximum absolute atomic E-state index is 13.4. The van der Waals surface area contributed by atoms with Crippen LogP contribution in [-0.4, -0.2) is 75.0 Å². The molecule has 1 saturated heterocycles. The van der Waals surface area contributed by atoms with E-state index in [2.05, 4.69) is 12.0 Å². The van der Waals surface area contributed by atoms with E-state index in [-0.39, 0.29) is 37.5 Å². The summed E-state index contributed by atoms with van der Waals surface area (Å²) in [6, 6.07) is 9.07. The van der Waals surface area contributed by atoms with Crippen LogP contribution in [0.2, 0.25) is 0 Å². The summed E-state index contributed by atoms with van der Waals surface area (Å²) in [5, 5.41) is 3.43. The molecule has 0 N–H and O–H groups in total. The molecule has 0 spiro atoms. The van der Waals surface area contributed by atoms with Gasteiger partial charge in [-0.15, -0.1) is 0 Å². The summed E-state index contributed by atoms with van der Waals surface area (Å²) in [5.41, 5.74) is 0.749. The highest BCUT2D eigenvalue weighted by Crippen LogP contribution is 2.26. The molecule has 2 aromatic rings. The summed E-state index contributed by atoms with van der Waals surface area (Å²) in [6.07, 6.45) is 7.72. The molecule has 194 valence electrons. The van der Waals surface area contributed by atoms with Crippen LogP contribution in [0.5, 0.6) is 5.75 Å². The third-order valence-electron chi connectivity index (χ3n) is 5.75. The van der Waals surface area contributed by atoms with Gasteiger partial charge in [0, 0.05) is 32.4 Å². The Hall–Kier alpha value is -2.44. The second-order valence-electron chi connectivity index (χ2n) is 8.72. The van der Waals surface area contributed by atoms with Gasteiger partial charge >= 0.3 is 5.56 Å². The van der Waals surface area contributed by atoms with Crippen LogP contribution in [0.1, 0.15) is 39.0 Å². The molecule has 1 fully saturated rings. The van der Waals surface area contributed by atoms with E-state index < -0.39 is 24.9 Å². The van der Waals surface area contributed by atoms with Gasteiger partial charge in [0.05, 0.1) is 18.5 Å². The van der Waals surface area contributed by atoms with Crippen molar-refractivity contribution in [2.75, 3.05) is 49.0 Å². The SMILES string of the molecule is CCCCCCCOc1c(N2CCN(S(=O)(=O)CS(C)(=O)=O)CC2)cnn(-c2ccccc2)c1=O. The largest absolute Gasteiger partial charge is 0.486 e. The molecule has 10 nitrogen and oxygen atoms in total. The summed E-state index contributed by atoms with van der Waals surface area (Å²) < 4.78 is 56.4. The molecule has 0 aliphatic carbocycles. The molecule has 0 radical (unpaired) electrons. The fourth-order valence-electron chi connectivity index (χ4n) is 3.98. The number of hydrogen-bond acceptors (Lipinski definition) is 8. The van der Waals surface area contributed by atoms with E-state index in [0.717, 1.165) is 38.4 Å². The van der Waals surface area contributed by atoms with Gasteiger partial charge in [-0.2, -0.15) is 14.1 Å². The molecule has 12 heteroatoms. The van der Waals surface area contributed by atoms with Gasteiger partial charge in [0.1, 0.15) is 5.69 Å². The van der Waals surface area contributed by atoms with Gasteiger partial charge in [0.2, 0.25) is 15.8 Å². The van der Waals surface area contributed by atoms with Gasteiger partial charge in [-0.3, -0.25) is 4.79 Å². The first kappa shape index (κ1) is 27.2. The standard InChI is InChI=1S/C23H34N4O6S2/c1-3-4-5-6-10-17-33-22-21(18-24-27(23(22)28)20-11-8-7-9-12-20)25-13-15-26(16-14-25)35(31,32)19-34(2,29)30/h7-9,11-12,18H,3-6,10,13-17,19H2,1-2H3. The Morgan fingerprint density at radius 2 is 1.60 bits per heavy atom. The Bertz CT molecular complexity index is 1240. The van der Waals surface area contributed by atoms with Crippen LogP contribution in [0, 0.1) is 0 Å². The fraction of sp³-hybridized carbons (Fsp3) is 0.565. The van der Waals surface area contributed by atoms with Crippen LogP contribution in [-0.2, 0) is 19.9 Å². The van der Waals surface area contributed by atoms with Gasteiger partial charge in [-0.1, -0.05) is 50.8 Å². The Morgan fingerprint density at radius 1 is 0.943 bits per heavy atom. The molecule has 1 aromatic carbocycles. The van der Waals surface area contributed by atoms with Crippen molar-refractivity contribution >= 4 is 25.5 Å². The third-order valence-corrected chi connectivity index (χ3v) is 9.80. The van der Waals surface area contributed by atoms with E-state index in [9.17, 15) is 21.6 Å². The minimum absolute atomic E-state index is 0.107. The highest BCUT2D eigenvalue weighted by atomic mass is 32.3. The number of benzene rings is 1. The summed E-state index contributed by atoms with van der Waals surface area (Å²) in [7, 11) is -7.60. The number of rotatable bonds is 12. The number of ether oxygens (including phenoxy) is 1. The first-order valence-corrected chi connectivity index (χ1v) is 15.5. The first-order valence-electron chi connectivity index (χ1n) is 11.8. The monoisotopic (exact) mass is 526 g/mol. The molecule has 0 unspecified atom stereocenters. The molecule has 0 amide bonds. The van der Waals surface area contributed by atoms with Gasteiger partial charge in [-0.05, 0) is 18.6 Å². The van der Waals surface area contributed by atoms with Crippen LogP contribution in [0.25, 0.3) is 5.69 Å². The van der Waals surface area contributed by atoms with Gasteiger partial charge < -0.3 is 9.64 Å². The van der Waals surface area contributed by atoms with Gasteiger partial charge in [-0.25, -0.2) is 16.8 Å². The van der Waals surface area contributed by atoms with E-state index >= 15 is 0 Å². The van der Waals surface area contributed by atoms with Crippen LogP contribution in [0.15, 0.2) is 41.3 Å².